The van der Waals surface area contributed by atoms with Crippen LogP contribution in [0.15, 0.2) is 24.3 Å². The van der Waals surface area contributed by atoms with E-state index in [1.807, 2.05) is 0 Å². The molecule has 2 N–H and O–H groups in total. The SMILES string of the molecule is CCCCC/C=C/C/C=C/CCCCCCCCCC(N)CCCCCCCCC(C)C. The maximum Gasteiger partial charge on any atom is 0.00388 e. The highest BCUT2D eigenvalue weighted by atomic mass is 14.6. The summed E-state index contributed by atoms with van der Waals surface area (Å²) in [6.07, 6.45) is 39.1. The van der Waals surface area contributed by atoms with Crippen molar-refractivity contribution < 1.29 is 0 Å². The zero-order valence-corrected chi connectivity index (χ0v) is 22.6. The van der Waals surface area contributed by atoms with Gasteiger partial charge in [0.05, 0.1) is 0 Å². The van der Waals surface area contributed by atoms with Crippen LogP contribution in [0.5, 0.6) is 0 Å². The largest absolute Gasteiger partial charge is 0.328 e. The molecule has 190 valence electrons. The molecule has 0 aliphatic rings. The standard InChI is InChI=1S/C31H61N/c1-4-5-6-7-8-9-10-11-12-13-14-15-16-17-18-22-25-28-31(32)29-26-23-20-19-21-24-27-30(2)3/h8-9,11-12,30-31H,4-7,10,13-29,32H2,1-3H3/b9-8+,12-11+. The molecule has 0 radical (unpaired) electrons. The molecule has 0 aliphatic heterocycles. The third kappa shape index (κ3) is 27.5. The highest BCUT2D eigenvalue weighted by molar-refractivity contribution is 4.92. The van der Waals surface area contributed by atoms with Gasteiger partial charge in [-0.25, -0.2) is 0 Å². The summed E-state index contributed by atoms with van der Waals surface area (Å²) in [5.41, 5.74) is 6.33. The lowest BCUT2D eigenvalue weighted by atomic mass is 10.00. The van der Waals surface area contributed by atoms with E-state index >= 15 is 0 Å². The van der Waals surface area contributed by atoms with E-state index in [0.29, 0.717) is 6.04 Å². The lowest BCUT2D eigenvalue weighted by Gasteiger charge is -2.11. The average molecular weight is 448 g/mol. The molecule has 1 nitrogen and oxygen atoms in total. The number of allylic oxidation sites excluding steroid dienone is 4. The van der Waals surface area contributed by atoms with Gasteiger partial charge in [-0.05, 0) is 50.9 Å². The Labute approximate surface area is 204 Å². The van der Waals surface area contributed by atoms with Gasteiger partial charge in [-0.1, -0.05) is 141 Å². The number of unbranched alkanes of at least 4 members (excludes halogenated alkanes) is 15. The van der Waals surface area contributed by atoms with Gasteiger partial charge in [0.25, 0.3) is 0 Å². The van der Waals surface area contributed by atoms with Crippen molar-refractivity contribution in [2.75, 3.05) is 0 Å². The van der Waals surface area contributed by atoms with Gasteiger partial charge in [0, 0.05) is 6.04 Å². The molecule has 0 aromatic carbocycles. The van der Waals surface area contributed by atoms with Crippen LogP contribution in [0.3, 0.4) is 0 Å². The fourth-order valence-corrected chi connectivity index (χ4v) is 4.38. The predicted octanol–water partition coefficient (Wildman–Crippen LogP) is 10.7. The van der Waals surface area contributed by atoms with E-state index in [0.717, 1.165) is 12.3 Å². The Bertz CT molecular complexity index is 395. The van der Waals surface area contributed by atoms with E-state index in [4.69, 9.17) is 5.73 Å². The van der Waals surface area contributed by atoms with Crippen molar-refractivity contribution in [2.24, 2.45) is 11.7 Å². The van der Waals surface area contributed by atoms with E-state index in [1.54, 1.807) is 0 Å². The molecule has 1 atom stereocenters. The summed E-state index contributed by atoms with van der Waals surface area (Å²) in [4.78, 5) is 0. The summed E-state index contributed by atoms with van der Waals surface area (Å²) in [6, 6.07) is 0.453. The van der Waals surface area contributed by atoms with Crippen molar-refractivity contribution in [1.82, 2.24) is 0 Å². The number of hydrogen-bond donors (Lipinski definition) is 1. The maximum absolute atomic E-state index is 6.33. The third-order valence-corrected chi connectivity index (χ3v) is 6.63. The Hall–Kier alpha value is -0.560. The van der Waals surface area contributed by atoms with Crippen molar-refractivity contribution in [1.29, 1.82) is 0 Å². The van der Waals surface area contributed by atoms with Crippen molar-refractivity contribution in [3.8, 4) is 0 Å². The molecule has 0 saturated heterocycles. The number of nitrogens with two attached hydrogens (primary N) is 1. The smallest absolute Gasteiger partial charge is 0.00388 e. The van der Waals surface area contributed by atoms with E-state index < -0.39 is 0 Å². The molecule has 1 unspecified atom stereocenters. The monoisotopic (exact) mass is 447 g/mol. The zero-order valence-electron chi connectivity index (χ0n) is 22.6. The van der Waals surface area contributed by atoms with Gasteiger partial charge in [-0.3, -0.25) is 0 Å². The first kappa shape index (κ1) is 31.4. The molecular formula is C31H61N. The van der Waals surface area contributed by atoms with Crippen LogP contribution in [0.1, 0.15) is 162 Å². The molecule has 0 fully saturated rings. The van der Waals surface area contributed by atoms with Crippen LogP contribution in [-0.2, 0) is 0 Å². The molecule has 0 bridgehead atoms. The first-order valence-electron chi connectivity index (χ1n) is 14.7. The minimum Gasteiger partial charge on any atom is -0.328 e. The second-order valence-corrected chi connectivity index (χ2v) is 10.6. The Morgan fingerprint density at radius 3 is 1.38 bits per heavy atom. The molecule has 0 saturated carbocycles. The third-order valence-electron chi connectivity index (χ3n) is 6.63. The van der Waals surface area contributed by atoms with E-state index in [1.165, 1.54) is 135 Å². The number of hydrogen-bond acceptors (Lipinski definition) is 1. The Kier molecular flexibility index (Phi) is 26.2. The molecule has 0 aromatic rings. The summed E-state index contributed by atoms with van der Waals surface area (Å²) in [5.74, 6) is 0.873. The van der Waals surface area contributed by atoms with Gasteiger partial charge in [0.15, 0.2) is 0 Å². The summed E-state index contributed by atoms with van der Waals surface area (Å²) in [6.45, 7) is 6.93. The molecule has 0 heterocycles. The van der Waals surface area contributed by atoms with Crippen LogP contribution < -0.4 is 5.73 Å². The van der Waals surface area contributed by atoms with Crippen LogP contribution >= 0.6 is 0 Å². The van der Waals surface area contributed by atoms with E-state index in [9.17, 15) is 0 Å². The van der Waals surface area contributed by atoms with Gasteiger partial charge in [-0.15, -0.1) is 0 Å². The minimum atomic E-state index is 0.453. The number of rotatable bonds is 25. The molecule has 0 amide bonds. The normalized spacial score (nSPS) is 13.2. The zero-order chi connectivity index (χ0) is 23.5. The molecule has 0 spiro atoms. The molecule has 32 heavy (non-hydrogen) atoms. The van der Waals surface area contributed by atoms with E-state index in [-0.39, 0.29) is 0 Å². The summed E-state index contributed by atoms with van der Waals surface area (Å²) < 4.78 is 0. The average Bonchev–Trinajstić information content (AvgIpc) is 2.77. The molecule has 0 aromatic heterocycles. The van der Waals surface area contributed by atoms with Gasteiger partial charge in [0.2, 0.25) is 0 Å². The summed E-state index contributed by atoms with van der Waals surface area (Å²) in [5, 5.41) is 0. The lowest BCUT2D eigenvalue weighted by molar-refractivity contribution is 0.474. The van der Waals surface area contributed by atoms with Crippen molar-refractivity contribution in [3.63, 3.8) is 0 Å². The van der Waals surface area contributed by atoms with Gasteiger partial charge < -0.3 is 5.73 Å². The molecule has 0 rings (SSSR count). The van der Waals surface area contributed by atoms with Crippen molar-refractivity contribution in [2.45, 2.75) is 168 Å². The maximum atomic E-state index is 6.33. The van der Waals surface area contributed by atoms with Crippen LogP contribution in [0, 0.1) is 5.92 Å². The van der Waals surface area contributed by atoms with Gasteiger partial charge >= 0.3 is 0 Å². The van der Waals surface area contributed by atoms with Crippen LogP contribution in [0.4, 0.5) is 0 Å². The van der Waals surface area contributed by atoms with Crippen LogP contribution in [0.2, 0.25) is 0 Å². The van der Waals surface area contributed by atoms with Crippen LogP contribution in [0.25, 0.3) is 0 Å². The topological polar surface area (TPSA) is 26.0 Å². The fourth-order valence-electron chi connectivity index (χ4n) is 4.38. The quantitative estimate of drug-likeness (QED) is 0.109. The first-order chi connectivity index (χ1) is 15.7. The highest BCUT2D eigenvalue weighted by Gasteiger charge is 2.02. The van der Waals surface area contributed by atoms with Crippen LogP contribution in [-0.4, -0.2) is 6.04 Å². The molecule has 0 aliphatic carbocycles. The first-order valence-corrected chi connectivity index (χ1v) is 14.7. The lowest BCUT2D eigenvalue weighted by Crippen LogP contribution is -2.19. The van der Waals surface area contributed by atoms with Crippen molar-refractivity contribution in [3.05, 3.63) is 24.3 Å². The fraction of sp³-hybridized carbons (Fsp3) is 0.871. The Morgan fingerprint density at radius 2 is 0.906 bits per heavy atom. The molecular weight excluding hydrogens is 386 g/mol. The molecule has 1 heteroatoms. The van der Waals surface area contributed by atoms with E-state index in [2.05, 4.69) is 45.1 Å². The summed E-state index contributed by atoms with van der Waals surface area (Å²) >= 11 is 0. The Balaban J connectivity index is 3.23. The predicted molar refractivity (Wildman–Crippen MR) is 148 cm³/mol. The second-order valence-electron chi connectivity index (χ2n) is 10.6. The Morgan fingerprint density at radius 1 is 0.500 bits per heavy atom. The highest BCUT2D eigenvalue weighted by Crippen LogP contribution is 2.15. The van der Waals surface area contributed by atoms with Gasteiger partial charge in [-0.2, -0.15) is 0 Å². The summed E-state index contributed by atoms with van der Waals surface area (Å²) in [7, 11) is 0. The minimum absolute atomic E-state index is 0.453. The van der Waals surface area contributed by atoms with Gasteiger partial charge in [0.1, 0.15) is 0 Å². The second kappa shape index (κ2) is 26.7. The van der Waals surface area contributed by atoms with Crippen molar-refractivity contribution >= 4 is 0 Å².